The van der Waals surface area contributed by atoms with Crippen molar-refractivity contribution in [2.45, 2.75) is 191 Å². The molecule has 0 aliphatic heterocycles. The van der Waals surface area contributed by atoms with Gasteiger partial charge in [-0.3, -0.25) is 4.79 Å². The van der Waals surface area contributed by atoms with E-state index in [1.165, 1.54) is 34.2 Å². The van der Waals surface area contributed by atoms with Gasteiger partial charge in [0.15, 0.2) is 12.6 Å². The molecule has 0 saturated heterocycles. The van der Waals surface area contributed by atoms with Crippen molar-refractivity contribution in [1.82, 2.24) is 0 Å². The predicted octanol–water partition coefficient (Wildman–Crippen LogP) is 17.5. The van der Waals surface area contributed by atoms with Crippen molar-refractivity contribution >= 4 is 5.97 Å². The van der Waals surface area contributed by atoms with Crippen LogP contribution in [0.25, 0.3) is 0 Å². The third-order valence-electron chi connectivity index (χ3n) is 13.0. The number of rotatable bonds is 23. The summed E-state index contributed by atoms with van der Waals surface area (Å²) in [5, 5.41) is 18.6. The van der Waals surface area contributed by atoms with Crippen LogP contribution in [0.5, 0.6) is 23.0 Å². The van der Waals surface area contributed by atoms with Gasteiger partial charge in [-0.2, -0.15) is 0 Å². The summed E-state index contributed by atoms with van der Waals surface area (Å²) in [7, 11) is 0. The minimum Gasteiger partial charge on any atom is -0.508 e. The van der Waals surface area contributed by atoms with E-state index in [1.807, 2.05) is 74.5 Å². The second-order valence-electron chi connectivity index (χ2n) is 21.3. The van der Waals surface area contributed by atoms with Crippen LogP contribution in [0.3, 0.4) is 0 Å². The zero-order valence-electron chi connectivity index (χ0n) is 47.9. The lowest BCUT2D eigenvalue weighted by Crippen LogP contribution is -2.20. The van der Waals surface area contributed by atoms with Gasteiger partial charge in [-0.15, -0.1) is 0 Å². The van der Waals surface area contributed by atoms with Crippen LogP contribution in [0.1, 0.15) is 200 Å². The van der Waals surface area contributed by atoms with Crippen molar-refractivity contribution in [2.75, 3.05) is 19.8 Å². The fourth-order valence-electron chi connectivity index (χ4n) is 7.36. The van der Waals surface area contributed by atoms with E-state index in [4.69, 9.17) is 28.8 Å². The molecule has 0 aliphatic carbocycles. The fourth-order valence-corrected chi connectivity index (χ4v) is 7.36. The Balaban J connectivity index is 0.000000436. The number of hydrogen-bond acceptors (Lipinski definition) is 8. The number of esters is 1. The highest BCUT2D eigenvalue weighted by molar-refractivity contribution is 5.72. The Labute approximate surface area is 443 Å². The van der Waals surface area contributed by atoms with E-state index in [9.17, 15) is 9.90 Å². The van der Waals surface area contributed by atoms with E-state index in [0.29, 0.717) is 41.1 Å². The van der Waals surface area contributed by atoms with Crippen LogP contribution in [0.2, 0.25) is 0 Å². The minimum atomic E-state index is -0.462. The van der Waals surface area contributed by atoms with Crippen LogP contribution in [0.4, 0.5) is 0 Å². The number of hydrogen-bond donors (Lipinski definition) is 2. The van der Waals surface area contributed by atoms with Crippen LogP contribution >= 0.6 is 0 Å². The Morgan fingerprint density at radius 3 is 1.29 bits per heavy atom. The molecule has 0 bridgehead atoms. The summed E-state index contributed by atoms with van der Waals surface area (Å²) >= 11 is 0. The molecule has 404 valence electrons. The summed E-state index contributed by atoms with van der Waals surface area (Å²) in [5.74, 6) is 5.43. The molecule has 0 amide bonds. The number of phenols is 2. The van der Waals surface area contributed by atoms with Gasteiger partial charge in [-0.1, -0.05) is 176 Å². The molecule has 2 N–H and O–H groups in total. The average molecular weight is 1010 g/mol. The van der Waals surface area contributed by atoms with Crippen molar-refractivity contribution in [2.24, 2.45) is 11.8 Å². The molecule has 0 aliphatic rings. The highest BCUT2D eigenvalue weighted by Gasteiger charge is 2.17. The molecule has 6 unspecified atom stereocenters. The maximum absolute atomic E-state index is 12.2. The molecule has 8 heteroatoms. The molecule has 73 heavy (non-hydrogen) atoms. The lowest BCUT2D eigenvalue weighted by molar-refractivity contribution is -0.147. The third-order valence-corrected chi connectivity index (χ3v) is 13.0. The van der Waals surface area contributed by atoms with Gasteiger partial charge in [0, 0.05) is 0 Å². The minimum absolute atomic E-state index is 0.0866. The molecule has 6 atom stereocenters. The third kappa shape index (κ3) is 26.5. The number of phenolic OH excluding ortho intramolecular Hbond substituents is 2. The van der Waals surface area contributed by atoms with Gasteiger partial charge < -0.3 is 33.9 Å². The Morgan fingerprint density at radius 2 is 0.890 bits per heavy atom. The van der Waals surface area contributed by atoms with Crippen LogP contribution in [0, 0.1) is 11.8 Å². The number of carbonyl (C=O) groups excluding carboxylic acids is 1. The Morgan fingerprint density at radius 1 is 0.479 bits per heavy atom. The zero-order valence-corrected chi connectivity index (χ0v) is 47.9. The molecule has 0 heterocycles. The molecular formula is C65H96O8. The highest BCUT2D eigenvalue weighted by atomic mass is 16.7. The second-order valence-corrected chi connectivity index (χ2v) is 21.3. The topological polar surface area (TPSA) is 104 Å². The summed E-state index contributed by atoms with van der Waals surface area (Å²) in [6.45, 7) is 35.6. The Kier molecular flexibility index (Phi) is 29.9. The summed E-state index contributed by atoms with van der Waals surface area (Å²) in [6, 6.07) is 39.5. The average Bonchev–Trinajstić information content (AvgIpc) is 3.37. The van der Waals surface area contributed by atoms with Crippen LogP contribution in [0.15, 0.2) is 121 Å². The monoisotopic (exact) mass is 1000 g/mol. The zero-order chi connectivity index (χ0) is 54.5. The van der Waals surface area contributed by atoms with E-state index in [0.717, 1.165) is 55.3 Å². The first-order valence-electron chi connectivity index (χ1n) is 27.2. The van der Waals surface area contributed by atoms with Gasteiger partial charge >= 0.3 is 5.97 Å². The van der Waals surface area contributed by atoms with E-state index < -0.39 is 6.29 Å². The summed E-state index contributed by atoms with van der Waals surface area (Å²) in [6.07, 6.45) is 5.27. The smallest absolute Gasteiger partial charge is 0.310 e. The maximum atomic E-state index is 12.2. The SMILES string of the molecule is CCC(C)C.CCC(C)c1ccc(O)cc1.CCC(C)c1ccc(OC(C)OCC(C)C)cc1.CCC(CC(C)c1ccc(O)cc1)c1ccc(OC(C)OCCOC(=O)Cc2ccc(C(C)(C)C)cc2)cc1. The predicted molar refractivity (Wildman–Crippen MR) is 304 cm³/mol. The van der Waals surface area contributed by atoms with Gasteiger partial charge in [-0.25, -0.2) is 0 Å². The van der Waals surface area contributed by atoms with Gasteiger partial charge in [0.05, 0.1) is 19.6 Å². The lowest BCUT2D eigenvalue weighted by Gasteiger charge is -2.21. The summed E-state index contributed by atoms with van der Waals surface area (Å²) in [4.78, 5) is 12.2. The Hall–Kier alpha value is -5.31. The maximum Gasteiger partial charge on any atom is 0.310 e. The van der Waals surface area contributed by atoms with Gasteiger partial charge in [0.25, 0.3) is 0 Å². The standard InChI is InChI=1S/C34H44O5.C16H26O2.C10H14O.C5H12/c1-7-27(22-24(2)28-10-16-31(35)17-11-28)29-12-18-32(19-13-29)39-25(3)37-20-21-38-33(36)23-26-8-14-30(15-9-26)34(4,5)6;1-6-13(4)15-7-9-16(10-8-15)18-14(5)17-11-12(2)3;1-3-8(2)9-4-6-10(11)7-5-9;1-4-5(2)3/h8-19,24-25,27,35H,7,20-23H2,1-6H3;7-10,12-14H,6,11H2,1-5H3;4-8,11H,3H2,1-2H3;5H,4H2,1-3H3. The van der Waals surface area contributed by atoms with E-state index in [-0.39, 0.29) is 37.3 Å². The van der Waals surface area contributed by atoms with Gasteiger partial charge in [0.1, 0.15) is 29.6 Å². The molecule has 0 spiro atoms. The molecule has 5 aromatic carbocycles. The molecule has 0 aromatic heterocycles. The van der Waals surface area contributed by atoms with Crippen molar-refractivity contribution in [1.29, 1.82) is 0 Å². The normalized spacial score (nSPS) is 13.6. The largest absolute Gasteiger partial charge is 0.508 e. The molecule has 8 nitrogen and oxygen atoms in total. The van der Waals surface area contributed by atoms with Crippen molar-refractivity contribution in [3.8, 4) is 23.0 Å². The second kappa shape index (κ2) is 34.2. The first-order chi connectivity index (χ1) is 34.6. The molecular weight excluding hydrogens is 909 g/mol. The van der Waals surface area contributed by atoms with E-state index in [1.54, 1.807) is 24.3 Å². The van der Waals surface area contributed by atoms with Gasteiger partial charge in [-0.05, 0) is 162 Å². The molecule has 0 radical (unpaired) electrons. The van der Waals surface area contributed by atoms with Gasteiger partial charge in [0.2, 0.25) is 0 Å². The van der Waals surface area contributed by atoms with Crippen LogP contribution < -0.4 is 9.47 Å². The Bertz CT molecular complexity index is 2170. The summed E-state index contributed by atoms with van der Waals surface area (Å²) < 4.78 is 28.2. The number of aromatic hydroxyl groups is 2. The highest BCUT2D eigenvalue weighted by Crippen LogP contribution is 2.34. The quantitative estimate of drug-likeness (QED) is 0.0379. The van der Waals surface area contributed by atoms with Crippen LogP contribution in [-0.2, 0) is 30.8 Å². The van der Waals surface area contributed by atoms with Crippen molar-refractivity contribution in [3.05, 3.63) is 155 Å². The van der Waals surface area contributed by atoms with E-state index >= 15 is 0 Å². The van der Waals surface area contributed by atoms with Crippen molar-refractivity contribution in [3.63, 3.8) is 0 Å². The fraction of sp³-hybridized carbons (Fsp3) is 0.523. The van der Waals surface area contributed by atoms with Crippen LogP contribution in [-0.4, -0.2) is 48.6 Å². The van der Waals surface area contributed by atoms with E-state index in [2.05, 4.69) is 133 Å². The molecule has 5 rings (SSSR count). The number of ether oxygens (including phenoxy) is 5. The molecule has 5 aromatic rings. The molecule has 0 saturated carbocycles. The number of carbonyl (C=O) groups is 1. The number of benzene rings is 5. The first-order valence-corrected chi connectivity index (χ1v) is 27.2. The first kappa shape index (κ1) is 63.8. The lowest BCUT2D eigenvalue weighted by atomic mass is 9.84. The molecule has 0 fully saturated rings. The summed E-state index contributed by atoms with van der Waals surface area (Å²) in [5.41, 5.74) is 7.44. The van der Waals surface area contributed by atoms with Crippen molar-refractivity contribution < 1.29 is 38.7 Å².